The Labute approximate surface area is 184 Å². The van der Waals surface area contributed by atoms with Crippen LogP contribution in [-0.4, -0.2) is 34.5 Å². The van der Waals surface area contributed by atoms with Crippen molar-refractivity contribution in [1.29, 1.82) is 0 Å². The zero-order chi connectivity index (χ0) is 22.9. The van der Waals surface area contributed by atoms with Crippen LogP contribution in [0.1, 0.15) is 33.7 Å². The van der Waals surface area contributed by atoms with Gasteiger partial charge in [0.1, 0.15) is 17.4 Å². The Bertz CT molecular complexity index is 1230. The number of H-pyrrole nitrogens is 1. The lowest BCUT2D eigenvalue weighted by molar-refractivity contribution is -0.0927. The molecule has 0 spiro atoms. The molecular weight excluding hydrogens is 447 g/mol. The highest BCUT2D eigenvalue weighted by atomic mass is 32.1. The number of halogens is 3. The highest BCUT2D eigenvalue weighted by Gasteiger charge is 2.33. The molecule has 2 aromatic rings. The summed E-state index contributed by atoms with van der Waals surface area (Å²) in [7, 11) is 1.53. The summed E-state index contributed by atoms with van der Waals surface area (Å²) in [6, 6.07) is 0. The predicted octanol–water partition coefficient (Wildman–Crippen LogP) is 4.33. The van der Waals surface area contributed by atoms with Gasteiger partial charge in [0, 0.05) is 19.1 Å². The van der Waals surface area contributed by atoms with Crippen molar-refractivity contribution in [3.63, 3.8) is 0 Å². The van der Waals surface area contributed by atoms with E-state index in [9.17, 15) is 18.0 Å². The molecule has 11 heteroatoms. The summed E-state index contributed by atoms with van der Waals surface area (Å²) in [5, 5.41) is 4.32. The van der Waals surface area contributed by atoms with Crippen molar-refractivity contribution in [2.45, 2.75) is 38.1 Å². The van der Waals surface area contributed by atoms with Gasteiger partial charge in [-0.2, -0.15) is 13.2 Å². The maximum Gasteiger partial charge on any atom is 0.438 e. The van der Waals surface area contributed by atoms with Gasteiger partial charge in [0.05, 0.1) is 28.2 Å². The number of rotatable bonds is 6. The van der Waals surface area contributed by atoms with E-state index in [2.05, 4.69) is 25.4 Å². The SMILES string of the molecule is COC1C=C(OCc2sc(C3=CCC(C(F)(F)F)=C=C3)nc2C)C=CC1c1noc(=O)[nH]1. The van der Waals surface area contributed by atoms with Gasteiger partial charge in [0.2, 0.25) is 0 Å². The summed E-state index contributed by atoms with van der Waals surface area (Å²) >= 11 is 1.36. The van der Waals surface area contributed by atoms with E-state index in [1.807, 2.05) is 6.92 Å². The van der Waals surface area contributed by atoms with Crippen molar-refractivity contribution < 1.29 is 27.2 Å². The smallest absolute Gasteiger partial charge is 0.438 e. The molecule has 32 heavy (non-hydrogen) atoms. The number of ether oxygens (including phenoxy) is 2. The first-order chi connectivity index (χ1) is 15.2. The fraction of sp³-hybridized carbons (Fsp3) is 0.333. The summed E-state index contributed by atoms with van der Waals surface area (Å²) in [5.41, 5.74) is 2.97. The molecule has 2 unspecified atom stereocenters. The molecule has 0 radical (unpaired) electrons. The average Bonchev–Trinajstić information content (AvgIpc) is 3.37. The van der Waals surface area contributed by atoms with Crippen LogP contribution in [0.3, 0.4) is 0 Å². The number of aromatic nitrogens is 3. The molecule has 1 N–H and O–H groups in total. The van der Waals surface area contributed by atoms with Crippen LogP contribution >= 0.6 is 11.3 Å². The zero-order valence-electron chi connectivity index (χ0n) is 17.0. The van der Waals surface area contributed by atoms with Crippen LogP contribution in [0.25, 0.3) is 5.57 Å². The molecule has 168 valence electrons. The number of methoxy groups -OCH3 is 1. The molecular formula is C21H18F3N3O4S. The minimum atomic E-state index is -4.38. The standard InChI is InChI=1S/C21H18F3N3O4S/c1-11-17(32-19(25-11)12-3-5-13(6-4-12)21(22,23)24)10-30-14-7-8-15(16(9-14)29-2)18-26-20(28)31-27-18/h3-4,7-9,15-16H,5,10H2,1-2H3,(H,26,27,28). The van der Waals surface area contributed by atoms with Crippen LogP contribution in [0, 0.1) is 6.92 Å². The molecule has 2 aliphatic rings. The maximum absolute atomic E-state index is 12.8. The highest BCUT2D eigenvalue weighted by Crippen LogP contribution is 2.34. The fourth-order valence-electron chi connectivity index (χ4n) is 3.25. The van der Waals surface area contributed by atoms with E-state index >= 15 is 0 Å². The maximum atomic E-state index is 12.8. The Morgan fingerprint density at radius 3 is 2.84 bits per heavy atom. The first-order valence-corrected chi connectivity index (χ1v) is 10.4. The van der Waals surface area contributed by atoms with Crippen LogP contribution in [0.5, 0.6) is 0 Å². The van der Waals surface area contributed by atoms with E-state index in [1.54, 1.807) is 18.2 Å². The summed E-state index contributed by atoms with van der Waals surface area (Å²) in [6.07, 6.45) is 3.12. The van der Waals surface area contributed by atoms with Crippen molar-refractivity contribution in [2.24, 2.45) is 0 Å². The van der Waals surface area contributed by atoms with E-state index in [0.29, 0.717) is 22.2 Å². The van der Waals surface area contributed by atoms with Gasteiger partial charge in [-0.25, -0.2) is 9.78 Å². The molecule has 0 bridgehead atoms. The monoisotopic (exact) mass is 465 g/mol. The van der Waals surface area contributed by atoms with Gasteiger partial charge < -0.3 is 9.47 Å². The van der Waals surface area contributed by atoms with E-state index in [-0.39, 0.29) is 18.9 Å². The van der Waals surface area contributed by atoms with Crippen LogP contribution < -0.4 is 5.76 Å². The largest absolute Gasteiger partial charge is 0.488 e. The lowest BCUT2D eigenvalue weighted by Crippen LogP contribution is -2.22. The average molecular weight is 465 g/mol. The van der Waals surface area contributed by atoms with E-state index in [1.165, 1.54) is 30.6 Å². The van der Waals surface area contributed by atoms with Crippen molar-refractivity contribution >= 4 is 16.9 Å². The van der Waals surface area contributed by atoms with Crippen molar-refractivity contribution in [2.75, 3.05) is 7.11 Å². The lowest BCUT2D eigenvalue weighted by Gasteiger charge is -2.22. The molecule has 4 rings (SSSR count). The molecule has 0 saturated carbocycles. The van der Waals surface area contributed by atoms with Crippen molar-refractivity contribution in [1.82, 2.24) is 15.1 Å². The number of alkyl halides is 3. The van der Waals surface area contributed by atoms with Crippen LogP contribution in [0.4, 0.5) is 13.2 Å². The number of hydrogen-bond donors (Lipinski definition) is 1. The lowest BCUT2D eigenvalue weighted by atomic mass is 9.96. The fourth-order valence-corrected chi connectivity index (χ4v) is 4.23. The number of hydrogen-bond acceptors (Lipinski definition) is 7. The van der Waals surface area contributed by atoms with Gasteiger partial charge in [-0.15, -0.1) is 17.1 Å². The third-order valence-electron chi connectivity index (χ3n) is 4.97. The Hall–Kier alpha value is -3.14. The second kappa shape index (κ2) is 8.78. The Kier molecular flexibility index (Phi) is 6.05. The van der Waals surface area contributed by atoms with Crippen molar-refractivity contribution in [3.8, 4) is 0 Å². The van der Waals surface area contributed by atoms with Gasteiger partial charge in [0.15, 0.2) is 5.82 Å². The zero-order valence-corrected chi connectivity index (χ0v) is 17.8. The summed E-state index contributed by atoms with van der Waals surface area (Å²) in [4.78, 5) is 19.0. The Morgan fingerprint density at radius 1 is 1.41 bits per heavy atom. The number of aromatic amines is 1. The molecule has 0 saturated heterocycles. The molecule has 0 fully saturated rings. The number of nitrogens with one attached hydrogen (secondary N) is 1. The Balaban J connectivity index is 1.44. The molecule has 2 aromatic heterocycles. The van der Waals surface area contributed by atoms with Crippen LogP contribution in [-0.2, 0) is 16.1 Å². The van der Waals surface area contributed by atoms with Gasteiger partial charge in [-0.3, -0.25) is 9.51 Å². The van der Waals surface area contributed by atoms with Gasteiger partial charge in [-0.05, 0) is 25.2 Å². The normalized spacial score (nSPS) is 20.7. The summed E-state index contributed by atoms with van der Waals surface area (Å²) < 4.78 is 54.2. The minimum absolute atomic E-state index is 0.228. The van der Waals surface area contributed by atoms with Gasteiger partial charge >= 0.3 is 11.9 Å². The van der Waals surface area contributed by atoms with Crippen molar-refractivity contribution in [3.05, 3.63) is 79.4 Å². The van der Waals surface area contributed by atoms with Gasteiger partial charge in [-0.1, -0.05) is 17.3 Å². The van der Waals surface area contributed by atoms with Crippen LogP contribution in [0.2, 0.25) is 0 Å². The first-order valence-electron chi connectivity index (χ1n) is 9.55. The topological polar surface area (TPSA) is 90.2 Å². The predicted molar refractivity (Wildman–Crippen MR) is 110 cm³/mol. The molecule has 2 aliphatic carbocycles. The first kappa shape index (κ1) is 22.1. The second-order valence-electron chi connectivity index (χ2n) is 7.08. The van der Waals surface area contributed by atoms with E-state index in [4.69, 9.17) is 9.47 Å². The second-order valence-corrected chi connectivity index (χ2v) is 8.16. The highest BCUT2D eigenvalue weighted by molar-refractivity contribution is 7.12. The number of thiazole rings is 1. The Morgan fingerprint density at radius 2 is 2.22 bits per heavy atom. The molecule has 0 aromatic carbocycles. The third kappa shape index (κ3) is 4.69. The number of nitrogens with zero attached hydrogens (tertiary/aromatic N) is 2. The van der Waals surface area contributed by atoms with E-state index in [0.717, 1.165) is 10.6 Å². The molecule has 2 atom stereocenters. The number of allylic oxidation sites excluding steroid dienone is 4. The van der Waals surface area contributed by atoms with E-state index < -0.39 is 23.6 Å². The van der Waals surface area contributed by atoms with Crippen LogP contribution in [0.15, 0.2) is 56.8 Å². The molecule has 2 heterocycles. The molecule has 0 aliphatic heterocycles. The third-order valence-corrected chi connectivity index (χ3v) is 6.15. The number of aryl methyl sites for hydroxylation is 1. The summed E-state index contributed by atoms with van der Waals surface area (Å²) in [6.45, 7) is 2.06. The molecule has 0 amide bonds. The quantitative estimate of drug-likeness (QED) is 0.639. The summed E-state index contributed by atoms with van der Waals surface area (Å²) in [5.74, 6) is -0.0373. The molecule has 7 nitrogen and oxygen atoms in total. The van der Waals surface area contributed by atoms with Gasteiger partial charge in [0.25, 0.3) is 0 Å². The minimum Gasteiger partial charge on any atom is -0.488 e.